The Kier molecular flexibility index (Phi) is 5.59. The number of carboxylic acids is 1. The van der Waals surface area contributed by atoms with E-state index >= 15 is 0 Å². The molecule has 1 unspecified atom stereocenters. The molecule has 1 aromatic heterocycles. The van der Waals surface area contributed by atoms with Crippen LogP contribution in [0, 0.1) is 0 Å². The molecule has 0 aromatic carbocycles. The fraction of sp³-hybridized carbons (Fsp3) is 0.500. The standard InChI is InChI=1S/C12H18N2O3/c1-14(11(9-17-2)12(15)16)8-6-10-5-3-4-7-13-10/h3-5,7,11H,6,8-9H2,1-2H3,(H,15,16). The van der Waals surface area contributed by atoms with Crippen molar-refractivity contribution >= 4 is 5.97 Å². The Morgan fingerprint density at radius 3 is 2.88 bits per heavy atom. The van der Waals surface area contributed by atoms with Gasteiger partial charge in [-0.1, -0.05) is 6.07 Å². The van der Waals surface area contributed by atoms with Gasteiger partial charge in [-0.05, 0) is 19.2 Å². The molecule has 5 nitrogen and oxygen atoms in total. The monoisotopic (exact) mass is 238 g/mol. The Morgan fingerprint density at radius 1 is 1.59 bits per heavy atom. The van der Waals surface area contributed by atoms with E-state index < -0.39 is 12.0 Å². The fourth-order valence-corrected chi connectivity index (χ4v) is 1.54. The van der Waals surface area contributed by atoms with E-state index in [0.29, 0.717) is 6.54 Å². The smallest absolute Gasteiger partial charge is 0.323 e. The minimum atomic E-state index is -0.865. The fourth-order valence-electron chi connectivity index (χ4n) is 1.54. The maximum absolute atomic E-state index is 11.0. The first-order chi connectivity index (χ1) is 8.15. The average molecular weight is 238 g/mol. The molecular formula is C12H18N2O3. The van der Waals surface area contributed by atoms with Crippen molar-refractivity contribution in [1.29, 1.82) is 0 Å². The number of likely N-dealkylation sites (N-methyl/N-ethyl adjacent to an activating group) is 1. The molecule has 0 amide bonds. The van der Waals surface area contributed by atoms with E-state index in [1.807, 2.05) is 18.2 Å². The van der Waals surface area contributed by atoms with Crippen molar-refractivity contribution in [2.75, 3.05) is 27.3 Å². The Hall–Kier alpha value is -1.46. The molecule has 94 valence electrons. The van der Waals surface area contributed by atoms with Gasteiger partial charge < -0.3 is 9.84 Å². The number of ether oxygens (including phenoxy) is 1. The van der Waals surface area contributed by atoms with Crippen LogP contribution in [0.1, 0.15) is 5.69 Å². The van der Waals surface area contributed by atoms with Crippen molar-refractivity contribution < 1.29 is 14.6 Å². The number of hydrogen-bond donors (Lipinski definition) is 1. The highest BCUT2D eigenvalue weighted by molar-refractivity contribution is 5.73. The number of nitrogens with zero attached hydrogens (tertiary/aromatic N) is 2. The van der Waals surface area contributed by atoms with E-state index in [4.69, 9.17) is 9.84 Å². The summed E-state index contributed by atoms with van der Waals surface area (Å²) < 4.78 is 4.90. The highest BCUT2D eigenvalue weighted by Gasteiger charge is 2.21. The minimum absolute atomic E-state index is 0.189. The van der Waals surface area contributed by atoms with Crippen LogP contribution in [0.5, 0.6) is 0 Å². The molecule has 1 rings (SSSR count). The zero-order valence-electron chi connectivity index (χ0n) is 10.2. The maximum Gasteiger partial charge on any atom is 0.323 e. The number of aliphatic carboxylic acids is 1. The molecule has 1 atom stereocenters. The lowest BCUT2D eigenvalue weighted by molar-refractivity contribution is -0.144. The van der Waals surface area contributed by atoms with Crippen LogP contribution in [-0.4, -0.2) is 54.3 Å². The van der Waals surface area contributed by atoms with E-state index in [2.05, 4.69) is 4.98 Å². The molecule has 0 spiro atoms. The van der Waals surface area contributed by atoms with Gasteiger partial charge in [0.2, 0.25) is 0 Å². The van der Waals surface area contributed by atoms with Gasteiger partial charge in [0.05, 0.1) is 6.61 Å². The third kappa shape index (κ3) is 4.50. The molecule has 0 radical (unpaired) electrons. The molecule has 17 heavy (non-hydrogen) atoms. The molecule has 0 fully saturated rings. The van der Waals surface area contributed by atoms with Gasteiger partial charge in [0.25, 0.3) is 0 Å². The lowest BCUT2D eigenvalue weighted by Crippen LogP contribution is -2.42. The van der Waals surface area contributed by atoms with Crippen LogP contribution in [-0.2, 0) is 16.0 Å². The van der Waals surface area contributed by atoms with E-state index in [-0.39, 0.29) is 6.61 Å². The topological polar surface area (TPSA) is 62.7 Å². The molecule has 1 aromatic rings. The van der Waals surface area contributed by atoms with Crippen LogP contribution in [0.15, 0.2) is 24.4 Å². The number of carboxylic acid groups (broad SMARTS) is 1. The van der Waals surface area contributed by atoms with Crippen molar-refractivity contribution in [1.82, 2.24) is 9.88 Å². The van der Waals surface area contributed by atoms with Gasteiger partial charge in [0.15, 0.2) is 0 Å². The molecular weight excluding hydrogens is 220 g/mol. The maximum atomic E-state index is 11.0. The largest absolute Gasteiger partial charge is 0.480 e. The first-order valence-corrected chi connectivity index (χ1v) is 5.47. The second-order valence-corrected chi connectivity index (χ2v) is 3.86. The lowest BCUT2D eigenvalue weighted by atomic mass is 10.2. The summed E-state index contributed by atoms with van der Waals surface area (Å²) in [6, 6.07) is 5.10. The molecule has 1 heterocycles. The number of methoxy groups -OCH3 is 1. The number of rotatable bonds is 7. The Bertz CT molecular complexity index is 343. The van der Waals surface area contributed by atoms with Gasteiger partial charge in [-0.25, -0.2) is 0 Å². The van der Waals surface area contributed by atoms with E-state index in [0.717, 1.165) is 12.1 Å². The number of pyridine rings is 1. The molecule has 0 bridgehead atoms. The Balaban J connectivity index is 2.47. The van der Waals surface area contributed by atoms with E-state index in [9.17, 15) is 4.79 Å². The van der Waals surface area contributed by atoms with Crippen LogP contribution >= 0.6 is 0 Å². The summed E-state index contributed by atoms with van der Waals surface area (Å²) in [5.41, 5.74) is 0.959. The zero-order valence-corrected chi connectivity index (χ0v) is 10.2. The lowest BCUT2D eigenvalue weighted by Gasteiger charge is -2.23. The summed E-state index contributed by atoms with van der Waals surface area (Å²) >= 11 is 0. The molecule has 0 aliphatic carbocycles. The summed E-state index contributed by atoms with van der Waals surface area (Å²) in [5.74, 6) is -0.865. The van der Waals surface area contributed by atoms with E-state index in [1.54, 1.807) is 18.1 Å². The van der Waals surface area contributed by atoms with Crippen molar-refractivity contribution in [3.8, 4) is 0 Å². The molecule has 1 N–H and O–H groups in total. The SMILES string of the molecule is COCC(C(=O)O)N(C)CCc1ccccn1. The molecule has 0 aliphatic rings. The van der Waals surface area contributed by atoms with Crippen LogP contribution in [0.2, 0.25) is 0 Å². The number of aromatic nitrogens is 1. The van der Waals surface area contributed by atoms with Gasteiger partial charge in [-0.3, -0.25) is 14.7 Å². The second kappa shape index (κ2) is 6.98. The Labute approximate surface area is 101 Å². The van der Waals surface area contributed by atoms with E-state index in [1.165, 1.54) is 7.11 Å². The summed E-state index contributed by atoms with van der Waals surface area (Å²) in [4.78, 5) is 17.0. The molecule has 0 saturated carbocycles. The summed E-state index contributed by atoms with van der Waals surface area (Å²) in [5, 5.41) is 9.03. The molecule has 0 aliphatic heterocycles. The minimum Gasteiger partial charge on any atom is -0.480 e. The highest BCUT2D eigenvalue weighted by Crippen LogP contribution is 2.01. The summed E-state index contributed by atoms with van der Waals surface area (Å²) in [6.45, 7) is 0.825. The van der Waals surface area contributed by atoms with Crippen LogP contribution in [0.25, 0.3) is 0 Å². The Morgan fingerprint density at radius 2 is 2.35 bits per heavy atom. The quantitative estimate of drug-likeness (QED) is 0.756. The van der Waals surface area contributed by atoms with Gasteiger partial charge >= 0.3 is 5.97 Å². The second-order valence-electron chi connectivity index (χ2n) is 3.86. The highest BCUT2D eigenvalue weighted by atomic mass is 16.5. The van der Waals surface area contributed by atoms with Crippen LogP contribution < -0.4 is 0 Å². The number of carbonyl (C=O) groups is 1. The van der Waals surface area contributed by atoms with Gasteiger partial charge in [0, 0.05) is 32.0 Å². The van der Waals surface area contributed by atoms with Crippen molar-refractivity contribution in [3.05, 3.63) is 30.1 Å². The predicted octanol–water partition coefficient (Wildman–Crippen LogP) is 0.655. The summed E-state index contributed by atoms with van der Waals surface area (Å²) in [6.07, 6.45) is 2.46. The normalized spacial score (nSPS) is 12.6. The zero-order chi connectivity index (χ0) is 12.7. The van der Waals surface area contributed by atoms with Crippen molar-refractivity contribution in [3.63, 3.8) is 0 Å². The molecule has 5 heteroatoms. The molecule has 0 saturated heterocycles. The summed E-state index contributed by atoms with van der Waals surface area (Å²) in [7, 11) is 3.28. The van der Waals surface area contributed by atoms with Crippen molar-refractivity contribution in [2.45, 2.75) is 12.5 Å². The first kappa shape index (κ1) is 13.6. The first-order valence-electron chi connectivity index (χ1n) is 5.47. The van der Waals surface area contributed by atoms with Crippen LogP contribution in [0.3, 0.4) is 0 Å². The van der Waals surface area contributed by atoms with Gasteiger partial charge in [-0.15, -0.1) is 0 Å². The van der Waals surface area contributed by atoms with Gasteiger partial charge in [-0.2, -0.15) is 0 Å². The third-order valence-corrected chi connectivity index (χ3v) is 2.59. The predicted molar refractivity (Wildman–Crippen MR) is 63.9 cm³/mol. The number of hydrogen-bond acceptors (Lipinski definition) is 4. The van der Waals surface area contributed by atoms with Crippen LogP contribution in [0.4, 0.5) is 0 Å². The van der Waals surface area contributed by atoms with Gasteiger partial charge in [0.1, 0.15) is 6.04 Å². The average Bonchev–Trinajstić information content (AvgIpc) is 2.34. The van der Waals surface area contributed by atoms with Crippen molar-refractivity contribution in [2.24, 2.45) is 0 Å². The third-order valence-electron chi connectivity index (χ3n) is 2.59.